The lowest BCUT2D eigenvalue weighted by molar-refractivity contribution is 0.281. The zero-order valence-corrected chi connectivity index (χ0v) is 10.1. The highest BCUT2D eigenvalue weighted by Gasteiger charge is 2.18. The van der Waals surface area contributed by atoms with Crippen molar-refractivity contribution in [2.45, 2.75) is 19.6 Å². The highest BCUT2D eigenvalue weighted by atomic mass is 16.5. The molecule has 1 aromatic heterocycles. The van der Waals surface area contributed by atoms with Gasteiger partial charge >= 0.3 is 0 Å². The van der Waals surface area contributed by atoms with Crippen molar-refractivity contribution in [1.29, 1.82) is 0 Å². The minimum absolute atomic E-state index is 0.156. The van der Waals surface area contributed by atoms with Crippen molar-refractivity contribution in [2.24, 2.45) is 10.7 Å². The zero-order chi connectivity index (χ0) is 12.5. The maximum atomic E-state index is 5.79. The van der Waals surface area contributed by atoms with Crippen molar-refractivity contribution < 1.29 is 4.74 Å². The van der Waals surface area contributed by atoms with Crippen LogP contribution in [-0.2, 0) is 6.54 Å². The van der Waals surface area contributed by atoms with Gasteiger partial charge in [-0.25, -0.2) is 9.98 Å². The van der Waals surface area contributed by atoms with Crippen molar-refractivity contribution in [3.8, 4) is 5.75 Å². The van der Waals surface area contributed by atoms with E-state index in [0.29, 0.717) is 5.84 Å². The third-order valence-electron chi connectivity index (χ3n) is 2.92. The number of aliphatic imine (C=N–C) groups is 1. The van der Waals surface area contributed by atoms with Gasteiger partial charge in [0.05, 0.1) is 6.33 Å². The van der Waals surface area contributed by atoms with Gasteiger partial charge in [0.2, 0.25) is 0 Å². The standard InChI is InChI=1S/C13H14N4O/c1-9-13(14)16-11-6-10(2-3-12(11)18-9)7-17-5-4-15-8-17/h2-6,8-9H,7H2,1H3,(H2,14,16). The predicted octanol–water partition coefficient (Wildman–Crippen LogP) is 1.70. The van der Waals surface area contributed by atoms with E-state index in [1.165, 1.54) is 0 Å². The second kappa shape index (κ2) is 4.18. The maximum absolute atomic E-state index is 5.79. The summed E-state index contributed by atoms with van der Waals surface area (Å²) >= 11 is 0. The number of fused-ring (bicyclic) bond motifs is 1. The van der Waals surface area contributed by atoms with E-state index in [-0.39, 0.29) is 6.10 Å². The predicted molar refractivity (Wildman–Crippen MR) is 69.1 cm³/mol. The van der Waals surface area contributed by atoms with E-state index >= 15 is 0 Å². The maximum Gasteiger partial charge on any atom is 0.153 e. The molecule has 0 saturated heterocycles. The summed E-state index contributed by atoms with van der Waals surface area (Å²) in [6.07, 6.45) is 5.32. The number of imidazole rings is 1. The number of benzene rings is 1. The van der Waals surface area contributed by atoms with Crippen LogP contribution in [0, 0.1) is 0 Å². The molecule has 0 fully saturated rings. The molecule has 1 aliphatic heterocycles. The first-order valence-corrected chi connectivity index (χ1v) is 5.82. The molecule has 0 spiro atoms. The van der Waals surface area contributed by atoms with Crippen molar-refractivity contribution in [3.05, 3.63) is 42.5 Å². The molecule has 0 bridgehead atoms. The first kappa shape index (κ1) is 10.8. The lowest BCUT2D eigenvalue weighted by Crippen LogP contribution is -2.33. The van der Waals surface area contributed by atoms with Gasteiger partial charge in [-0.1, -0.05) is 6.07 Å². The van der Waals surface area contributed by atoms with Crippen LogP contribution in [0.5, 0.6) is 5.75 Å². The van der Waals surface area contributed by atoms with E-state index in [0.717, 1.165) is 23.5 Å². The molecule has 5 heteroatoms. The smallest absolute Gasteiger partial charge is 0.153 e. The number of aromatic nitrogens is 2. The second-order valence-electron chi connectivity index (χ2n) is 4.33. The van der Waals surface area contributed by atoms with Gasteiger partial charge in [-0.2, -0.15) is 0 Å². The average molecular weight is 242 g/mol. The highest BCUT2D eigenvalue weighted by Crippen LogP contribution is 2.32. The fourth-order valence-electron chi connectivity index (χ4n) is 1.92. The molecule has 3 rings (SSSR count). The molecule has 18 heavy (non-hydrogen) atoms. The summed E-state index contributed by atoms with van der Waals surface area (Å²) < 4.78 is 7.66. The first-order chi connectivity index (χ1) is 8.72. The molecule has 0 saturated carbocycles. The Balaban J connectivity index is 1.91. The zero-order valence-electron chi connectivity index (χ0n) is 10.1. The monoisotopic (exact) mass is 242 g/mol. The third-order valence-corrected chi connectivity index (χ3v) is 2.92. The largest absolute Gasteiger partial charge is 0.481 e. The molecular formula is C13H14N4O. The van der Waals surface area contributed by atoms with Crippen LogP contribution >= 0.6 is 0 Å². The molecule has 2 aromatic rings. The van der Waals surface area contributed by atoms with Crippen molar-refractivity contribution in [2.75, 3.05) is 0 Å². The third kappa shape index (κ3) is 1.95. The quantitative estimate of drug-likeness (QED) is 0.871. The average Bonchev–Trinajstić information content (AvgIpc) is 2.84. The van der Waals surface area contributed by atoms with Gasteiger partial charge < -0.3 is 15.0 Å². The van der Waals surface area contributed by atoms with Gasteiger partial charge in [0.25, 0.3) is 0 Å². The van der Waals surface area contributed by atoms with Crippen LogP contribution in [0.4, 0.5) is 5.69 Å². The Kier molecular flexibility index (Phi) is 2.51. The van der Waals surface area contributed by atoms with E-state index in [9.17, 15) is 0 Å². The molecule has 0 radical (unpaired) electrons. The Morgan fingerprint density at radius 1 is 1.44 bits per heavy atom. The summed E-state index contributed by atoms with van der Waals surface area (Å²) in [5.41, 5.74) is 7.72. The molecule has 0 aliphatic carbocycles. The second-order valence-corrected chi connectivity index (χ2v) is 4.33. The summed E-state index contributed by atoms with van der Waals surface area (Å²) in [4.78, 5) is 8.38. The van der Waals surface area contributed by atoms with Gasteiger partial charge in [0.15, 0.2) is 6.10 Å². The Hall–Kier alpha value is -2.30. The fraction of sp³-hybridized carbons (Fsp3) is 0.231. The Bertz CT molecular complexity index is 589. The highest BCUT2D eigenvalue weighted by molar-refractivity contribution is 5.89. The van der Waals surface area contributed by atoms with Crippen molar-refractivity contribution in [3.63, 3.8) is 0 Å². The molecule has 92 valence electrons. The van der Waals surface area contributed by atoms with Gasteiger partial charge in [-0.05, 0) is 24.6 Å². The van der Waals surface area contributed by atoms with Gasteiger partial charge in [0.1, 0.15) is 17.3 Å². The minimum atomic E-state index is -0.156. The summed E-state index contributed by atoms with van der Waals surface area (Å²) in [7, 11) is 0. The molecule has 0 amide bonds. The number of hydrogen-bond acceptors (Lipinski definition) is 4. The van der Waals surface area contributed by atoms with Crippen molar-refractivity contribution in [1.82, 2.24) is 9.55 Å². The number of amidine groups is 1. The molecule has 2 N–H and O–H groups in total. The van der Waals surface area contributed by atoms with Gasteiger partial charge in [0, 0.05) is 18.9 Å². The number of nitrogens with two attached hydrogens (primary N) is 1. The van der Waals surface area contributed by atoms with Crippen LogP contribution < -0.4 is 10.5 Å². The minimum Gasteiger partial charge on any atom is -0.481 e. The lowest BCUT2D eigenvalue weighted by atomic mass is 10.1. The van der Waals surface area contributed by atoms with E-state index in [4.69, 9.17) is 10.5 Å². The van der Waals surface area contributed by atoms with Gasteiger partial charge in [-0.3, -0.25) is 0 Å². The van der Waals surface area contributed by atoms with E-state index in [1.54, 1.807) is 12.5 Å². The van der Waals surface area contributed by atoms with Crippen LogP contribution in [0.2, 0.25) is 0 Å². The molecule has 1 aromatic carbocycles. The van der Waals surface area contributed by atoms with Crippen LogP contribution in [0.15, 0.2) is 41.9 Å². The number of ether oxygens (including phenoxy) is 1. The van der Waals surface area contributed by atoms with Crippen LogP contribution in [-0.4, -0.2) is 21.5 Å². The topological polar surface area (TPSA) is 65.4 Å². The Labute approximate surface area is 105 Å². The van der Waals surface area contributed by atoms with Gasteiger partial charge in [-0.15, -0.1) is 0 Å². The van der Waals surface area contributed by atoms with Crippen LogP contribution in [0.3, 0.4) is 0 Å². The summed E-state index contributed by atoms with van der Waals surface area (Å²) in [6.45, 7) is 2.65. The molecule has 5 nitrogen and oxygen atoms in total. The van der Waals surface area contributed by atoms with Crippen molar-refractivity contribution >= 4 is 11.5 Å². The normalized spacial score (nSPS) is 17.8. The van der Waals surface area contributed by atoms with E-state index in [1.807, 2.05) is 35.9 Å². The van der Waals surface area contributed by atoms with E-state index in [2.05, 4.69) is 9.98 Å². The number of hydrogen-bond donors (Lipinski definition) is 1. The summed E-state index contributed by atoms with van der Waals surface area (Å²) in [5, 5.41) is 0. The van der Waals surface area contributed by atoms with Crippen LogP contribution in [0.25, 0.3) is 0 Å². The van der Waals surface area contributed by atoms with E-state index < -0.39 is 0 Å². The Morgan fingerprint density at radius 2 is 2.33 bits per heavy atom. The van der Waals surface area contributed by atoms with Crippen LogP contribution in [0.1, 0.15) is 12.5 Å². The first-order valence-electron chi connectivity index (χ1n) is 5.82. The molecule has 1 atom stereocenters. The fourth-order valence-corrected chi connectivity index (χ4v) is 1.92. The summed E-state index contributed by atoms with van der Waals surface area (Å²) in [5.74, 6) is 1.30. The number of rotatable bonds is 2. The molecule has 1 unspecified atom stereocenters. The Morgan fingerprint density at radius 3 is 3.11 bits per heavy atom. The SMILES string of the molecule is CC1Oc2ccc(Cn3ccnc3)cc2N=C1N. The molecule has 1 aliphatic rings. The summed E-state index contributed by atoms with van der Waals surface area (Å²) in [6, 6.07) is 5.96. The number of nitrogens with zero attached hydrogens (tertiary/aromatic N) is 3. The molecule has 2 heterocycles. The molecular weight excluding hydrogens is 228 g/mol. The lowest BCUT2D eigenvalue weighted by Gasteiger charge is -2.21.